The number of carbonyl (C=O) groups is 1. The first-order valence-corrected chi connectivity index (χ1v) is 8.09. The first kappa shape index (κ1) is 16.6. The average Bonchev–Trinajstić information content (AvgIpc) is 3.07. The Morgan fingerprint density at radius 1 is 1.42 bits per heavy atom. The SMILES string of the molecule is Cc1ccc(-c2noc([C@@H](C)N3CCC(C(N)=O)CC3)n2)cc1F. The number of aryl methyl sites for hydroxylation is 1. The lowest BCUT2D eigenvalue weighted by molar-refractivity contribution is -0.123. The van der Waals surface area contributed by atoms with E-state index in [0.717, 1.165) is 25.9 Å². The maximum absolute atomic E-state index is 13.7. The van der Waals surface area contributed by atoms with Gasteiger partial charge in [-0.2, -0.15) is 4.98 Å². The monoisotopic (exact) mass is 332 g/mol. The molecule has 0 bridgehead atoms. The fraction of sp³-hybridized carbons (Fsp3) is 0.471. The number of hydrogen-bond acceptors (Lipinski definition) is 5. The molecule has 1 fully saturated rings. The van der Waals surface area contributed by atoms with Crippen molar-refractivity contribution >= 4 is 5.91 Å². The maximum Gasteiger partial charge on any atom is 0.244 e. The van der Waals surface area contributed by atoms with Gasteiger partial charge >= 0.3 is 0 Å². The molecule has 3 rings (SSSR count). The highest BCUT2D eigenvalue weighted by Crippen LogP contribution is 2.27. The Bertz CT molecular complexity index is 738. The zero-order valence-electron chi connectivity index (χ0n) is 13.8. The van der Waals surface area contributed by atoms with Crippen LogP contribution in [0.2, 0.25) is 0 Å². The summed E-state index contributed by atoms with van der Waals surface area (Å²) >= 11 is 0. The van der Waals surface area contributed by atoms with Crippen LogP contribution in [0.1, 0.15) is 37.3 Å². The first-order valence-electron chi connectivity index (χ1n) is 8.09. The maximum atomic E-state index is 13.7. The third-order valence-electron chi connectivity index (χ3n) is 4.71. The number of benzene rings is 1. The minimum absolute atomic E-state index is 0.0535. The second kappa shape index (κ2) is 6.68. The van der Waals surface area contributed by atoms with Crippen molar-refractivity contribution in [3.8, 4) is 11.4 Å². The second-order valence-corrected chi connectivity index (χ2v) is 6.31. The quantitative estimate of drug-likeness (QED) is 0.929. The smallest absolute Gasteiger partial charge is 0.244 e. The Labute approximate surface area is 139 Å². The Morgan fingerprint density at radius 2 is 2.12 bits per heavy atom. The summed E-state index contributed by atoms with van der Waals surface area (Å²) in [4.78, 5) is 17.8. The lowest BCUT2D eigenvalue weighted by Gasteiger charge is -2.33. The molecule has 2 aromatic rings. The number of hydrogen-bond donors (Lipinski definition) is 1. The molecule has 0 spiro atoms. The van der Waals surface area contributed by atoms with Crippen molar-refractivity contribution in [1.29, 1.82) is 0 Å². The van der Waals surface area contributed by atoms with Crippen molar-refractivity contribution in [2.45, 2.75) is 32.7 Å². The standard InChI is InChI=1S/C17H21FN4O2/c1-10-3-4-13(9-14(10)18)16-20-17(24-21-16)11(2)22-7-5-12(6-8-22)15(19)23/h3-4,9,11-12H,5-8H2,1-2H3,(H2,19,23)/t11-/m1/s1. The second-order valence-electron chi connectivity index (χ2n) is 6.31. The van der Waals surface area contributed by atoms with E-state index in [-0.39, 0.29) is 23.7 Å². The van der Waals surface area contributed by atoms with Crippen LogP contribution in [0.3, 0.4) is 0 Å². The molecule has 1 amide bonds. The number of amides is 1. The summed E-state index contributed by atoms with van der Waals surface area (Å²) in [6, 6.07) is 4.82. The summed E-state index contributed by atoms with van der Waals surface area (Å²) in [5.41, 5.74) is 6.53. The third kappa shape index (κ3) is 3.31. The number of rotatable bonds is 4. The molecular weight excluding hydrogens is 311 g/mol. The van der Waals surface area contributed by atoms with Crippen LogP contribution in [0.25, 0.3) is 11.4 Å². The van der Waals surface area contributed by atoms with E-state index in [1.807, 2.05) is 6.92 Å². The van der Waals surface area contributed by atoms with Crippen LogP contribution < -0.4 is 5.73 Å². The average molecular weight is 332 g/mol. The minimum atomic E-state index is -0.291. The Balaban J connectivity index is 1.71. The van der Waals surface area contributed by atoms with E-state index in [1.54, 1.807) is 19.1 Å². The van der Waals surface area contributed by atoms with E-state index in [4.69, 9.17) is 10.3 Å². The van der Waals surface area contributed by atoms with Crippen LogP contribution in [0, 0.1) is 18.7 Å². The molecule has 128 valence electrons. The van der Waals surface area contributed by atoms with Gasteiger partial charge in [0.05, 0.1) is 6.04 Å². The van der Waals surface area contributed by atoms with Crippen LogP contribution in [0.4, 0.5) is 4.39 Å². The number of aromatic nitrogens is 2. The number of likely N-dealkylation sites (tertiary alicyclic amines) is 1. The third-order valence-corrected chi connectivity index (χ3v) is 4.71. The van der Waals surface area contributed by atoms with E-state index in [0.29, 0.717) is 22.8 Å². The highest BCUT2D eigenvalue weighted by atomic mass is 19.1. The number of primary amides is 1. The van der Waals surface area contributed by atoms with Gasteiger partial charge in [-0.1, -0.05) is 17.3 Å². The van der Waals surface area contributed by atoms with Gasteiger partial charge in [0.15, 0.2) is 0 Å². The van der Waals surface area contributed by atoms with Crippen molar-refractivity contribution in [3.63, 3.8) is 0 Å². The normalized spacial score (nSPS) is 17.8. The van der Waals surface area contributed by atoms with Crippen LogP contribution in [0.5, 0.6) is 0 Å². The number of halogens is 1. The van der Waals surface area contributed by atoms with Gasteiger partial charge in [-0.25, -0.2) is 4.39 Å². The fourth-order valence-corrected chi connectivity index (χ4v) is 2.98. The molecule has 0 unspecified atom stereocenters. The summed E-state index contributed by atoms with van der Waals surface area (Å²) in [7, 11) is 0. The van der Waals surface area contributed by atoms with Crippen molar-refractivity contribution in [1.82, 2.24) is 15.0 Å². The minimum Gasteiger partial charge on any atom is -0.369 e. The lowest BCUT2D eigenvalue weighted by atomic mass is 9.95. The largest absolute Gasteiger partial charge is 0.369 e. The van der Waals surface area contributed by atoms with Crippen LogP contribution in [0.15, 0.2) is 22.7 Å². The van der Waals surface area contributed by atoms with E-state index in [9.17, 15) is 9.18 Å². The summed E-state index contributed by atoms with van der Waals surface area (Å²) in [5.74, 6) is 0.290. The van der Waals surface area contributed by atoms with Gasteiger partial charge < -0.3 is 10.3 Å². The molecule has 6 nitrogen and oxygen atoms in total. The molecular formula is C17H21FN4O2. The van der Waals surface area contributed by atoms with Crippen LogP contribution >= 0.6 is 0 Å². The summed E-state index contributed by atoms with van der Waals surface area (Å²) in [6.07, 6.45) is 1.48. The summed E-state index contributed by atoms with van der Waals surface area (Å²) in [5, 5.41) is 3.96. The van der Waals surface area contributed by atoms with E-state index < -0.39 is 0 Å². The van der Waals surface area contributed by atoms with Gasteiger partial charge in [-0.15, -0.1) is 0 Å². The van der Waals surface area contributed by atoms with Gasteiger partial charge in [0.1, 0.15) is 5.82 Å². The molecule has 1 aliphatic heterocycles. The molecule has 7 heteroatoms. The zero-order valence-corrected chi connectivity index (χ0v) is 13.8. The molecule has 1 atom stereocenters. The molecule has 0 saturated carbocycles. The predicted octanol–water partition coefficient (Wildman–Crippen LogP) is 2.44. The van der Waals surface area contributed by atoms with E-state index in [2.05, 4.69) is 15.0 Å². The van der Waals surface area contributed by atoms with Crippen molar-refractivity contribution in [2.24, 2.45) is 11.7 Å². The van der Waals surface area contributed by atoms with Crippen LogP contribution in [-0.2, 0) is 4.79 Å². The topological polar surface area (TPSA) is 85.3 Å². The number of carbonyl (C=O) groups excluding carboxylic acids is 1. The predicted molar refractivity (Wildman–Crippen MR) is 86.3 cm³/mol. The Morgan fingerprint density at radius 3 is 2.75 bits per heavy atom. The van der Waals surface area contributed by atoms with E-state index >= 15 is 0 Å². The molecule has 0 aliphatic carbocycles. The van der Waals surface area contributed by atoms with Crippen molar-refractivity contribution in [2.75, 3.05) is 13.1 Å². The van der Waals surface area contributed by atoms with Gasteiger partial charge in [0.25, 0.3) is 0 Å². The molecule has 0 radical (unpaired) electrons. The number of nitrogens with zero attached hydrogens (tertiary/aromatic N) is 3. The van der Waals surface area contributed by atoms with Crippen molar-refractivity contribution < 1.29 is 13.7 Å². The lowest BCUT2D eigenvalue weighted by Crippen LogP contribution is -2.39. The van der Waals surface area contributed by atoms with Gasteiger partial charge in [-0.05, 0) is 51.4 Å². The first-order chi connectivity index (χ1) is 11.5. The Kier molecular flexibility index (Phi) is 4.62. The molecule has 1 aliphatic rings. The molecule has 1 saturated heterocycles. The fourth-order valence-electron chi connectivity index (χ4n) is 2.98. The van der Waals surface area contributed by atoms with Gasteiger partial charge in [0, 0.05) is 11.5 Å². The number of piperidine rings is 1. The molecule has 2 N–H and O–H groups in total. The van der Waals surface area contributed by atoms with Crippen LogP contribution in [-0.4, -0.2) is 34.0 Å². The van der Waals surface area contributed by atoms with E-state index in [1.165, 1.54) is 6.07 Å². The molecule has 1 aromatic heterocycles. The highest BCUT2D eigenvalue weighted by molar-refractivity contribution is 5.76. The molecule has 24 heavy (non-hydrogen) atoms. The zero-order chi connectivity index (χ0) is 17.3. The number of nitrogens with two attached hydrogens (primary N) is 1. The van der Waals surface area contributed by atoms with Gasteiger partial charge in [-0.3, -0.25) is 9.69 Å². The molecule has 2 heterocycles. The van der Waals surface area contributed by atoms with Crippen molar-refractivity contribution in [3.05, 3.63) is 35.5 Å². The van der Waals surface area contributed by atoms with Gasteiger partial charge in [0.2, 0.25) is 17.6 Å². The summed E-state index contributed by atoms with van der Waals surface area (Å²) in [6.45, 7) is 5.20. The highest BCUT2D eigenvalue weighted by Gasteiger charge is 2.28. The molecule has 1 aromatic carbocycles. The Hall–Kier alpha value is -2.28. The summed E-state index contributed by atoms with van der Waals surface area (Å²) < 4.78 is 19.1.